The van der Waals surface area contributed by atoms with E-state index in [1.54, 1.807) is 5.56 Å². The minimum atomic E-state index is 0.476. The molecule has 4 aliphatic rings. The monoisotopic (exact) mass is 349 g/mol. The Kier molecular flexibility index (Phi) is 3.74. The molecule has 2 heteroatoms. The average molecular weight is 350 g/mol. The molecule has 25 heavy (non-hydrogen) atoms. The van der Waals surface area contributed by atoms with Crippen LogP contribution in [-0.2, 0) is 5.41 Å². The molecule has 0 saturated heterocycles. The summed E-state index contributed by atoms with van der Waals surface area (Å²) >= 11 is 6.04. The molecule has 4 fully saturated rings. The van der Waals surface area contributed by atoms with Gasteiger partial charge in [-0.05, 0) is 97.1 Å². The highest BCUT2D eigenvalue weighted by Crippen LogP contribution is 2.60. The predicted octanol–water partition coefficient (Wildman–Crippen LogP) is 6.56. The first kappa shape index (κ1) is 15.6. The molecule has 1 nitrogen and oxygen atoms in total. The van der Waals surface area contributed by atoms with Gasteiger partial charge in [0.05, 0.1) is 5.69 Å². The fraction of sp³-hybridized carbons (Fsp3) is 0.435. The van der Waals surface area contributed by atoms with Gasteiger partial charge >= 0.3 is 0 Å². The number of aliphatic imine (C=N–C) groups is 1. The smallest absolute Gasteiger partial charge is 0.0630 e. The molecule has 0 unspecified atom stereocenters. The first-order valence-corrected chi connectivity index (χ1v) is 9.97. The van der Waals surface area contributed by atoms with E-state index in [-0.39, 0.29) is 0 Å². The van der Waals surface area contributed by atoms with Gasteiger partial charge in [0.1, 0.15) is 0 Å². The molecule has 0 atom stereocenters. The zero-order valence-corrected chi connectivity index (χ0v) is 15.3. The van der Waals surface area contributed by atoms with E-state index in [9.17, 15) is 0 Å². The topological polar surface area (TPSA) is 12.4 Å². The number of hydrogen-bond donors (Lipinski definition) is 0. The van der Waals surface area contributed by atoms with Crippen molar-refractivity contribution < 1.29 is 0 Å². The minimum Gasteiger partial charge on any atom is -0.256 e. The maximum atomic E-state index is 6.04. The standard InChI is InChI=1S/C23H24ClN/c24-21-3-1-2-16(11-21)15-25-22-6-4-20(5-7-22)23-12-17-8-18(13-23)10-19(9-17)14-23/h1-7,11,15,17-19H,8-10,12-14H2. The third kappa shape index (κ3) is 2.93. The Labute approximate surface area is 155 Å². The average Bonchev–Trinajstić information content (AvgIpc) is 2.59. The van der Waals surface area contributed by atoms with Crippen molar-refractivity contribution in [3.8, 4) is 0 Å². The van der Waals surface area contributed by atoms with Crippen molar-refractivity contribution >= 4 is 23.5 Å². The van der Waals surface area contributed by atoms with Crippen LogP contribution >= 0.6 is 11.6 Å². The Hall–Kier alpha value is -1.60. The van der Waals surface area contributed by atoms with Crippen molar-refractivity contribution in [3.05, 3.63) is 64.7 Å². The second-order valence-electron chi connectivity index (χ2n) is 8.56. The van der Waals surface area contributed by atoms with Crippen LogP contribution in [0.2, 0.25) is 5.02 Å². The number of halogens is 1. The van der Waals surface area contributed by atoms with Crippen molar-refractivity contribution in [2.24, 2.45) is 22.7 Å². The molecule has 0 heterocycles. The van der Waals surface area contributed by atoms with Gasteiger partial charge in [0.25, 0.3) is 0 Å². The molecule has 4 aliphatic carbocycles. The Bertz CT molecular complexity index is 770. The van der Waals surface area contributed by atoms with Crippen LogP contribution in [0.4, 0.5) is 5.69 Å². The van der Waals surface area contributed by atoms with E-state index < -0.39 is 0 Å². The highest BCUT2D eigenvalue weighted by Gasteiger charge is 2.51. The number of nitrogens with zero attached hydrogens (tertiary/aromatic N) is 1. The zero-order chi connectivity index (χ0) is 16.9. The summed E-state index contributed by atoms with van der Waals surface area (Å²) in [7, 11) is 0. The maximum absolute atomic E-state index is 6.04. The van der Waals surface area contributed by atoms with E-state index in [0.717, 1.165) is 34.0 Å². The van der Waals surface area contributed by atoms with Crippen molar-refractivity contribution in [2.75, 3.05) is 0 Å². The van der Waals surface area contributed by atoms with Crippen molar-refractivity contribution in [1.29, 1.82) is 0 Å². The summed E-state index contributed by atoms with van der Waals surface area (Å²) in [5, 5.41) is 0.751. The van der Waals surface area contributed by atoms with Crippen LogP contribution in [0.25, 0.3) is 0 Å². The van der Waals surface area contributed by atoms with E-state index in [2.05, 4.69) is 29.3 Å². The van der Waals surface area contributed by atoms with Gasteiger partial charge in [0.15, 0.2) is 0 Å². The lowest BCUT2D eigenvalue weighted by molar-refractivity contribution is -0.00518. The lowest BCUT2D eigenvalue weighted by Crippen LogP contribution is -2.48. The lowest BCUT2D eigenvalue weighted by atomic mass is 9.48. The van der Waals surface area contributed by atoms with Crippen LogP contribution in [-0.4, -0.2) is 6.21 Å². The second kappa shape index (κ2) is 5.99. The second-order valence-corrected chi connectivity index (χ2v) is 8.99. The normalized spacial score (nSPS) is 33.2. The number of benzene rings is 2. The molecule has 6 rings (SSSR count). The molecule has 0 N–H and O–H groups in total. The summed E-state index contributed by atoms with van der Waals surface area (Å²) in [6.45, 7) is 0. The number of hydrogen-bond acceptors (Lipinski definition) is 1. The van der Waals surface area contributed by atoms with Crippen LogP contribution in [0.1, 0.15) is 49.7 Å². The molecular formula is C23H24ClN. The SMILES string of the molecule is Clc1cccc(C=Nc2ccc(C34CC5CC(CC(C5)C3)C4)cc2)c1. The molecule has 0 aliphatic heterocycles. The Balaban J connectivity index is 1.37. The van der Waals surface area contributed by atoms with Crippen LogP contribution in [0.5, 0.6) is 0 Å². The molecule has 2 aromatic rings. The van der Waals surface area contributed by atoms with Crippen molar-refractivity contribution in [2.45, 2.75) is 43.9 Å². The Morgan fingerprint density at radius 1 is 0.880 bits per heavy atom. The molecular weight excluding hydrogens is 326 g/mol. The van der Waals surface area contributed by atoms with Gasteiger partial charge in [-0.15, -0.1) is 0 Å². The fourth-order valence-corrected chi connectivity index (χ4v) is 6.30. The summed E-state index contributed by atoms with van der Waals surface area (Å²) in [6.07, 6.45) is 10.7. The van der Waals surface area contributed by atoms with E-state index in [1.807, 2.05) is 30.5 Å². The zero-order valence-electron chi connectivity index (χ0n) is 14.5. The molecule has 4 saturated carbocycles. The molecule has 4 bridgehead atoms. The Morgan fingerprint density at radius 3 is 2.12 bits per heavy atom. The molecule has 0 aromatic heterocycles. The van der Waals surface area contributed by atoms with Gasteiger partial charge < -0.3 is 0 Å². The van der Waals surface area contributed by atoms with E-state index >= 15 is 0 Å². The molecule has 128 valence electrons. The van der Waals surface area contributed by atoms with Gasteiger partial charge in [0, 0.05) is 11.2 Å². The largest absolute Gasteiger partial charge is 0.256 e. The summed E-state index contributed by atoms with van der Waals surface area (Å²) in [6, 6.07) is 16.9. The Morgan fingerprint density at radius 2 is 1.52 bits per heavy atom. The summed E-state index contributed by atoms with van der Waals surface area (Å²) in [5.74, 6) is 2.98. The maximum Gasteiger partial charge on any atom is 0.0630 e. The van der Waals surface area contributed by atoms with Gasteiger partial charge in [-0.2, -0.15) is 0 Å². The van der Waals surface area contributed by atoms with Crippen molar-refractivity contribution in [3.63, 3.8) is 0 Å². The van der Waals surface area contributed by atoms with Gasteiger partial charge in [-0.1, -0.05) is 35.9 Å². The molecule has 0 spiro atoms. The highest BCUT2D eigenvalue weighted by atomic mass is 35.5. The minimum absolute atomic E-state index is 0.476. The first-order chi connectivity index (χ1) is 12.2. The van der Waals surface area contributed by atoms with Gasteiger partial charge in [-0.25, -0.2) is 0 Å². The van der Waals surface area contributed by atoms with E-state index in [1.165, 1.54) is 38.5 Å². The van der Waals surface area contributed by atoms with Crippen LogP contribution in [0, 0.1) is 17.8 Å². The number of rotatable bonds is 3. The molecule has 2 aromatic carbocycles. The van der Waals surface area contributed by atoms with E-state index in [0.29, 0.717) is 5.41 Å². The molecule has 0 radical (unpaired) electrons. The van der Waals surface area contributed by atoms with Crippen LogP contribution in [0.15, 0.2) is 53.5 Å². The van der Waals surface area contributed by atoms with Crippen molar-refractivity contribution in [1.82, 2.24) is 0 Å². The first-order valence-electron chi connectivity index (χ1n) is 9.59. The quantitative estimate of drug-likeness (QED) is 0.556. The fourth-order valence-electron chi connectivity index (χ4n) is 6.10. The third-order valence-electron chi connectivity index (χ3n) is 6.73. The predicted molar refractivity (Wildman–Crippen MR) is 105 cm³/mol. The summed E-state index contributed by atoms with van der Waals surface area (Å²) < 4.78 is 0. The van der Waals surface area contributed by atoms with E-state index in [4.69, 9.17) is 11.6 Å². The highest BCUT2D eigenvalue weighted by molar-refractivity contribution is 6.30. The van der Waals surface area contributed by atoms with Gasteiger partial charge in [0.2, 0.25) is 0 Å². The summed E-state index contributed by atoms with van der Waals surface area (Å²) in [4.78, 5) is 4.62. The summed E-state index contributed by atoms with van der Waals surface area (Å²) in [5.41, 5.74) is 4.10. The lowest BCUT2D eigenvalue weighted by Gasteiger charge is -2.57. The molecule has 0 amide bonds. The van der Waals surface area contributed by atoms with Crippen LogP contribution in [0.3, 0.4) is 0 Å². The van der Waals surface area contributed by atoms with Gasteiger partial charge in [-0.3, -0.25) is 4.99 Å². The third-order valence-corrected chi connectivity index (χ3v) is 6.96. The van der Waals surface area contributed by atoms with Crippen LogP contribution < -0.4 is 0 Å².